The van der Waals surface area contributed by atoms with Crippen LogP contribution in [0.2, 0.25) is 0 Å². The van der Waals surface area contributed by atoms with E-state index >= 15 is 0 Å². The summed E-state index contributed by atoms with van der Waals surface area (Å²) in [6.07, 6.45) is -0.571. The first-order valence-electron chi connectivity index (χ1n) is 7.82. The number of rotatable bonds is 6. The molecule has 0 unspecified atom stereocenters. The third-order valence-corrected chi connectivity index (χ3v) is 3.62. The molecule has 2 aromatic rings. The zero-order chi connectivity index (χ0) is 18.4. The number of methoxy groups -OCH3 is 1. The molecule has 0 saturated carbocycles. The second-order valence-electron chi connectivity index (χ2n) is 5.70. The Morgan fingerprint density at radius 3 is 2.48 bits per heavy atom. The minimum absolute atomic E-state index is 0.0591. The van der Waals surface area contributed by atoms with E-state index in [1.807, 2.05) is 0 Å². The van der Waals surface area contributed by atoms with Gasteiger partial charge in [0.15, 0.2) is 0 Å². The Hall–Kier alpha value is -2.73. The van der Waals surface area contributed by atoms with Crippen molar-refractivity contribution >= 4 is 11.9 Å². The molecule has 0 fully saturated rings. The second-order valence-corrected chi connectivity index (χ2v) is 5.70. The second kappa shape index (κ2) is 8.39. The predicted molar refractivity (Wildman–Crippen MR) is 91.6 cm³/mol. The molecule has 0 aliphatic carbocycles. The van der Waals surface area contributed by atoms with Gasteiger partial charge in [0.1, 0.15) is 5.82 Å². The molecule has 2 rings (SSSR count). The van der Waals surface area contributed by atoms with Gasteiger partial charge in [0.25, 0.3) is 5.91 Å². The first kappa shape index (κ1) is 18.6. The van der Waals surface area contributed by atoms with Crippen LogP contribution in [-0.4, -0.2) is 36.7 Å². The van der Waals surface area contributed by atoms with Crippen LogP contribution in [0, 0.1) is 5.82 Å². The van der Waals surface area contributed by atoms with Crippen molar-refractivity contribution < 1.29 is 23.8 Å². The Balaban J connectivity index is 2.20. The molecule has 0 bridgehead atoms. The molecule has 0 aliphatic rings. The zero-order valence-electron chi connectivity index (χ0n) is 14.1. The maximum absolute atomic E-state index is 14.1. The predicted octanol–water partition coefficient (Wildman–Crippen LogP) is 2.32. The van der Waals surface area contributed by atoms with Gasteiger partial charge in [-0.3, -0.25) is 9.59 Å². The molecule has 0 spiro atoms. The van der Waals surface area contributed by atoms with E-state index in [1.165, 1.54) is 19.2 Å². The molecule has 25 heavy (non-hydrogen) atoms. The average molecular weight is 345 g/mol. The molecule has 1 atom stereocenters. The fourth-order valence-electron chi connectivity index (χ4n) is 2.29. The molecule has 132 valence electrons. The summed E-state index contributed by atoms with van der Waals surface area (Å²) >= 11 is 0. The van der Waals surface area contributed by atoms with E-state index < -0.39 is 17.9 Å². The van der Waals surface area contributed by atoms with E-state index in [0.29, 0.717) is 22.3 Å². The number of esters is 1. The lowest BCUT2D eigenvalue weighted by atomic mass is 10.00. The quantitative estimate of drug-likeness (QED) is 0.788. The lowest BCUT2D eigenvalue weighted by Gasteiger charge is -2.09. The van der Waals surface area contributed by atoms with Gasteiger partial charge in [0.2, 0.25) is 0 Å². The van der Waals surface area contributed by atoms with Gasteiger partial charge in [0.05, 0.1) is 19.6 Å². The highest BCUT2D eigenvalue weighted by Crippen LogP contribution is 2.25. The minimum atomic E-state index is -0.630. The Labute approximate surface area is 145 Å². The van der Waals surface area contributed by atoms with Crippen molar-refractivity contribution in [2.45, 2.75) is 19.4 Å². The van der Waals surface area contributed by atoms with Gasteiger partial charge < -0.3 is 15.2 Å². The summed E-state index contributed by atoms with van der Waals surface area (Å²) in [5, 5.41) is 11.8. The van der Waals surface area contributed by atoms with E-state index in [2.05, 4.69) is 10.1 Å². The molecule has 0 aromatic heterocycles. The molecule has 1 amide bonds. The van der Waals surface area contributed by atoms with Gasteiger partial charge in [-0.25, -0.2) is 4.39 Å². The molecule has 6 heteroatoms. The van der Waals surface area contributed by atoms with E-state index in [-0.39, 0.29) is 18.9 Å². The van der Waals surface area contributed by atoms with Crippen LogP contribution in [0.25, 0.3) is 11.1 Å². The van der Waals surface area contributed by atoms with Crippen LogP contribution in [-0.2, 0) is 16.0 Å². The summed E-state index contributed by atoms with van der Waals surface area (Å²) in [6.45, 7) is 1.73. The van der Waals surface area contributed by atoms with Gasteiger partial charge >= 0.3 is 5.97 Å². The van der Waals surface area contributed by atoms with Gasteiger partial charge in [0, 0.05) is 17.7 Å². The number of benzene rings is 2. The molecule has 0 aliphatic heterocycles. The summed E-state index contributed by atoms with van der Waals surface area (Å²) in [6, 6.07) is 10.9. The Kier molecular flexibility index (Phi) is 6.25. The van der Waals surface area contributed by atoms with Crippen LogP contribution in [0.1, 0.15) is 22.8 Å². The minimum Gasteiger partial charge on any atom is -0.469 e. The lowest BCUT2D eigenvalue weighted by molar-refractivity contribution is -0.139. The Morgan fingerprint density at radius 2 is 1.88 bits per heavy atom. The highest BCUT2D eigenvalue weighted by Gasteiger charge is 2.11. The number of carbonyl (C=O) groups is 2. The van der Waals surface area contributed by atoms with Gasteiger partial charge in [-0.05, 0) is 42.3 Å². The van der Waals surface area contributed by atoms with Crippen molar-refractivity contribution in [3.8, 4) is 11.1 Å². The van der Waals surface area contributed by atoms with E-state index in [4.69, 9.17) is 0 Å². The van der Waals surface area contributed by atoms with Crippen molar-refractivity contribution in [3.05, 3.63) is 59.4 Å². The van der Waals surface area contributed by atoms with E-state index in [9.17, 15) is 19.1 Å². The van der Waals surface area contributed by atoms with Crippen molar-refractivity contribution in [1.29, 1.82) is 0 Å². The summed E-state index contributed by atoms with van der Waals surface area (Å²) in [5.74, 6) is -1.13. The summed E-state index contributed by atoms with van der Waals surface area (Å²) < 4.78 is 18.7. The number of nitrogens with one attached hydrogen (secondary N) is 1. The zero-order valence-corrected chi connectivity index (χ0v) is 14.1. The largest absolute Gasteiger partial charge is 0.469 e. The summed E-state index contributed by atoms with van der Waals surface area (Å²) in [4.78, 5) is 23.3. The molecule has 0 heterocycles. The van der Waals surface area contributed by atoms with Crippen LogP contribution in [0.15, 0.2) is 42.5 Å². The maximum atomic E-state index is 14.1. The highest BCUT2D eigenvalue weighted by atomic mass is 19.1. The van der Waals surface area contributed by atoms with E-state index in [0.717, 1.165) is 0 Å². The standard InChI is InChI=1S/C19H20FNO4/c1-12(22)11-21-19(24)15-6-4-14(5-7-15)16-9-13(3-8-17(16)20)10-18(23)25-2/h3-9,12,22H,10-11H2,1-2H3,(H,21,24)/t12-/m1/s1. The summed E-state index contributed by atoms with van der Waals surface area (Å²) in [7, 11) is 1.30. The van der Waals surface area contributed by atoms with Crippen molar-refractivity contribution in [2.24, 2.45) is 0 Å². The smallest absolute Gasteiger partial charge is 0.309 e. The Bertz CT molecular complexity index is 757. The fraction of sp³-hybridized carbons (Fsp3) is 0.263. The van der Waals surface area contributed by atoms with Crippen molar-refractivity contribution in [1.82, 2.24) is 5.32 Å². The first-order valence-corrected chi connectivity index (χ1v) is 7.82. The van der Waals surface area contributed by atoms with Crippen LogP contribution in [0.3, 0.4) is 0 Å². The van der Waals surface area contributed by atoms with Crippen LogP contribution in [0.4, 0.5) is 4.39 Å². The Morgan fingerprint density at radius 1 is 1.20 bits per heavy atom. The lowest BCUT2D eigenvalue weighted by Crippen LogP contribution is -2.30. The molecule has 2 N–H and O–H groups in total. The number of hydrogen-bond donors (Lipinski definition) is 2. The molecular weight excluding hydrogens is 325 g/mol. The van der Waals surface area contributed by atoms with Crippen LogP contribution in [0.5, 0.6) is 0 Å². The maximum Gasteiger partial charge on any atom is 0.309 e. The van der Waals surface area contributed by atoms with Crippen molar-refractivity contribution in [2.75, 3.05) is 13.7 Å². The van der Waals surface area contributed by atoms with Gasteiger partial charge in [-0.1, -0.05) is 18.2 Å². The monoisotopic (exact) mass is 345 g/mol. The normalized spacial score (nSPS) is 11.7. The first-order chi connectivity index (χ1) is 11.9. The number of amides is 1. The molecule has 0 radical (unpaired) electrons. The number of aliphatic hydroxyl groups is 1. The SMILES string of the molecule is COC(=O)Cc1ccc(F)c(-c2ccc(C(=O)NC[C@@H](C)O)cc2)c1. The molecular formula is C19H20FNO4. The van der Waals surface area contributed by atoms with Crippen LogP contribution < -0.4 is 5.32 Å². The third kappa shape index (κ3) is 5.12. The average Bonchev–Trinajstić information content (AvgIpc) is 2.61. The number of halogens is 1. The number of aliphatic hydroxyl groups excluding tert-OH is 1. The van der Waals surface area contributed by atoms with Crippen molar-refractivity contribution in [3.63, 3.8) is 0 Å². The van der Waals surface area contributed by atoms with E-state index in [1.54, 1.807) is 37.3 Å². The topological polar surface area (TPSA) is 75.6 Å². The number of ether oxygens (including phenoxy) is 1. The fourth-order valence-corrected chi connectivity index (χ4v) is 2.29. The third-order valence-electron chi connectivity index (χ3n) is 3.62. The highest BCUT2D eigenvalue weighted by molar-refractivity contribution is 5.94. The summed E-state index contributed by atoms with van der Waals surface area (Å²) in [5.41, 5.74) is 1.99. The van der Waals surface area contributed by atoms with Gasteiger partial charge in [-0.2, -0.15) is 0 Å². The molecule has 0 saturated heterocycles. The number of carbonyl (C=O) groups excluding carboxylic acids is 2. The number of hydrogen-bond acceptors (Lipinski definition) is 4. The van der Waals surface area contributed by atoms with Gasteiger partial charge in [-0.15, -0.1) is 0 Å². The van der Waals surface area contributed by atoms with Crippen LogP contribution >= 0.6 is 0 Å². The molecule has 5 nitrogen and oxygen atoms in total. The molecule has 2 aromatic carbocycles.